The van der Waals surface area contributed by atoms with Crippen molar-refractivity contribution in [2.45, 2.75) is 63.5 Å². The maximum atomic E-state index is 13.2. The van der Waals surface area contributed by atoms with Crippen LogP contribution in [-0.2, 0) is 27.5 Å². The van der Waals surface area contributed by atoms with E-state index in [1.807, 2.05) is 60.4 Å². The number of piperidine rings is 1. The van der Waals surface area contributed by atoms with E-state index >= 15 is 0 Å². The van der Waals surface area contributed by atoms with E-state index in [2.05, 4.69) is 11.1 Å². The third-order valence-corrected chi connectivity index (χ3v) is 10.4. The smallest absolute Gasteiger partial charge is 0.320 e. The van der Waals surface area contributed by atoms with Crippen LogP contribution in [0.15, 0.2) is 79.2 Å². The molecule has 2 saturated heterocycles. The first-order valence-corrected chi connectivity index (χ1v) is 18.0. The van der Waals surface area contributed by atoms with Gasteiger partial charge < -0.3 is 29.3 Å². The van der Waals surface area contributed by atoms with E-state index in [0.717, 1.165) is 24.0 Å². The maximum absolute atomic E-state index is 13.2. The fourth-order valence-electron chi connectivity index (χ4n) is 7.09. The molecule has 12 heteroatoms. The van der Waals surface area contributed by atoms with Crippen LogP contribution in [0.1, 0.15) is 54.9 Å². The van der Waals surface area contributed by atoms with Gasteiger partial charge in [-0.05, 0) is 55.2 Å². The fourth-order valence-corrected chi connectivity index (χ4v) is 7.33. The number of nitrogens with zero attached hydrogens (tertiary/aromatic N) is 4. The van der Waals surface area contributed by atoms with E-state index in [-0.39, 0.29) is 38.2 Å². The lowest BCUT2D eigenvalue weighted by atomic mass is 9.77. The first-order valence-electron chi connectivity index (χ1n) is 17.6. The molecule has 4 atom stereocenters. The number of aliphatic hydroxyl groups excluding tert-OH is 1. The number of pyridine rings is 1. The van der Waals surface area contributed by atoms with Crippen LogP contribution in [0.4, 0.5) is 0 Å². The Kier molecular flexibility index (Phi) is 11.9. The molecule has 3 aliphatic rings. The summed E-state index contributed by atoms with van der Waals surface area (Å²) in [7, 11) is 0. The number of allylic oxidation sites excluding steroid dienone is 2. The molecule has 11 nitrogen and oxygen atoms in total. The number of carbonyl (C=O) groups excluding carboxylic acids is 1. The van der Waals surface area contributed by atoms with Crippen LogP contribution in [0.2, 0.25) is 5.02 Å². The molecule has 2 N–H and O–H groups in total. The molecule has 2 aliphatic heterocycles. The Morgan fingerprint density at radius 3 is 2.65 bits per heavy atom. The number of aliphatic carboxylic acids is 1. The zero-order valence-electron chi connectivity index (χ0n) is 29.1. The van der Waals surface area contributed by atoms with Crippen LogP contribution in [0.25, 0.3) is 5.57 Å². The molecule has 0 radical (unpaired) electrons. The minimum atomic E-state index is -1.07. The van der Waals surface area contributed by atoms with Gasteiger partial charge >= 0.3 is 5.97 Å². The van der Waals surface area contributed by atoms with Gasteiger partial charge in [0.2, 0.25) is 5.91 Å². The second-order valence-electron chi connectivity index (χ2n) is 13.6. The molecule has 0 bridgehead atoms. The highest BCUT2D eigenvalue weighted by Gasteiger charge is 2.41. The fraction of sp³-hybridized carbons (Fsp3) is 0.400. The van der Waals surface area contributed by atoms with Gasteiger partial charge in [0, 0.05) is 55.1 Å². The number of carbonyl (C=O) groups is 2. The van der Waals surface area contributed by atoms with E-state index in [9.17, 15) is 25.1 Å². The molecule has 2 unspecified atom stereocenters. The summed E-state index contributed by atoms with van der Waals surface area (Å²) >= 11 is 6.91. The number of hydrogen-bond acceptors (Lipinski definition) is 9. The summed E-state index contributed by atoms with van der Waals surface area (Å²) < 4.78 is 19.4. The first-order chi connectivity index (χ1) is 25.2. The summed E-state index contributed by atoms with van der Waals surface area (Å²) in [6, 6.07) is 16.6. The lowest BCUT2D eigenvalue weighted by Gasteiger charge is -2.40. The molecule has 6 rings (SSSR count). The zero-order chi connectivity index (χ0) is 36.7. The number of amides is 1. The predicted molar refractivity (Wildman–Crippen MR) is 195 cm³/mol. The van der Waals surface area contributed by atoms with E-state index in [1.165, 1.54) is 6.20 Å². The Morgan fingerprint density at radius 1 is 1.08 bits per heavy atom. The van der Waals surface area contributed by atoms with E-state index in [0.29, 0.717) is 65.7 Å². The van der Waals surface area contributed by atoms with Crippen molar-refractivity contribution >= 4 is 29.1 Å². The molecule has 2 aromatic carbocycles. The number of ether oxygens (including phenoxy) is 3. The van der Waals surface area contributed by atoms with Crippen LogP contribution >= 0.6 is 11.6 Å². The summed E-state index contributed by atoms with van der Waals surface area (Å²) in [6.45, 7) is 3.61. The number of aliphatic hydroxyl groups is 1. The first kappa shape index (κ1) is 37.0. The Balaban J connectivity index is 1.28. The van der Waals surface area contributed by atoms with Gasteiger partial charge in [-0.3, -0.25) is 19.5 Å². The van der Waals surface area contributed by atoms with Crippen molar-refractivity contribution < 1.29 is 34.0 Å². The van der Waals surface area contributed by atoms with Crippen molar-refractivity contribution in [1.29, 1.82) is 5.26 Å². The highest BCUT2D eigenvalue weighted by atomic mass is 35.5. The molecular weight excluding hydrogens is 684 g/mol. The van der Waals surface area contributed by atoms with Crippen molar-refractivity contribution in [1.82, 2.24) is 14.8 Å². The van der Waals surface area contributed by atoms with E-state index in [1.54, 1.807) is 29.3 Å². The Bertz CT molecular complexity index is 1860. The monoisotopic (exact) mass is 726 g/mol. The second-order valence-corrected chi connectivity index (χ2v) is 14.0. The van der Waals surface area contributed by atoms with Crippen LogP contribution in [-0.4, -0.2) is 87.5 Å². The Hall–Kier alpha value is -4.73. The van der Waals surface area contributed by atoms with Crippen LogP contribution in [0, 0.1) is 17.2 Å². The highest BCUT2D eigenvalue weighted by molar-refractivity contribution is 6.32. The number of likely N-dealkylation sites (tertiary alicyclic amines) is 2. The number of aromatic nitrogens is 1. The van der Waals surface area contributed by atoms with Gasteiger partial charge in [0.25, 0.3) is 0 Å². The molecule has 1 aliphatic carbocycles. The second kappa shape index (κ2) is 16.7. The summed E-state index contributed by atoms with van der Waals surface area (Å²) in [6.07, 6.45) is 11.2. The molecular formula is C40H43ClN4O7. The third kappa shape index (κ3) is 8.65. The minimum absolute atomic E-state index is 0.00456. The quantitative estimate of drug-likeness (QED) is 0.227. The molecule has 272 valence electrons. The lowest BCUT2D eigenvalue weighted by molar-refractivity contribution is -0.145. The number of β-amino-alcohol motifs (C(OH)–C–C–N with tert-alkyl or cyclic N) is 1. The molecule has 3 heterocycles. The summed E-state index contributed by atoms with van der Waals surface area (Å²) in [4.78, 5) is 33.0. The average Bonchev–Trinajstić information content (AvgIpc) is 3.60. The number of rotatable bonds is 13. The third-order valence-electron chi connectivity index (χ3n) is 10.1. The normalized spacial score (nSPS) is 23.2. The van der Waals surface area contributed by atoms with Crippen molar-refractivity contribution in [2.24, 2.45) is 5.92 Å². The van der Waals surface area contributed by atoms with Crippen LogP contribution < -0.4 is 9.47 Å². The average molecular weight is 727 g/mol. The minimum Gasteiger partial charge on any atom is -0.489 e. The number of nitriles is 1. The molecule has 52 heavy (non-hydrogen) atoms. The van der Waals surface area contributed by atoms with Crippen LogP contribution in [0.3, 0.4) is 0 Å². The van der Waals surface area contributed by atoms with Gasteiger partial charge in [-0.1, -0.05) is 67.4 Å². The number of carboxylic acids is 1. The Morgan fingerprint density at radius 2 is 1.90 bits per heavy atom. The molecule has 1 aromatic heterocycles. The standard InChI is InChI=1S/C40H43ClN4O7/c1-27-33(30-8-3-2-4-9-30)10-7-13-40(27,52-25-38(47)45-15-12-32(46)23-45)26-51-37-18-36(50-24-29-16-28(19-42)20-43-21-29)31(17-34(37)41)22-44-14-6-5-11-35(44)39(48)49/h2-4,7-10,13,16-18,20-21,27,32,35,46H,5-6,11-12,14-15,22-26H2,1H3,(H,48,49)/t27?,32-,35-,40?/m0/s1. The Labute approximate surface area is 308 Å². The molecule has 1 amide bonds. The molecule has 3 aromatic rings. The largest absolute Gasteiger partial charge is 0.489 e. The summed E-state index contributed by atoms with van der Waals surface area (Å²) in [5.74, 6) is -0.538. The highest BCUT2D eigenvalue weighted by Crippen LogP contribution is 2.41. The molecule has 2 fully saturated rings. The van der Waals surface area contributed by atoms with Crippen LogP contribution in [0.5, 0.6) is 11.5 Å². The number of halogens is 1. The van der Waals surface area contributed by atoms with Gasteiger partial charge in [-0.25, -0.2) is 0 Å². The SMILES string of the molecule is CC1C(c2ccccc2)=CC=CC1(COc1cc(OCc2cncc(C#N)c2)c(CN2CCCC[C@H]2C(=O)O)cc1Cl)OCC(=O)N1CC[C@H](O)C1. The van der Waals surface area contributed by atoms with Crippen molar-refractivity contribution in [3.8, 4) is 17.6 Å². The number of benzene rings is 2. The summed E-state index contributed by atoms with van der Waals surface area (Å²) in [5, 5.41) is 29.6. The number of hydrogen-bond donors (Lipinski definition) is 2. The molecule has 0 spiro atoms. The van der Waals surface area contributed by atoms with Gasteiger partial charge in [-0.15, -0.1) is 0 Å². The molecule has 0 saturated carbocycles. The maximum Gasteiger partial charge on any atom is 0.320 e. The number of carboxylic acid groups (broad SMARTS) is 1. The lowest BCUT2D eigenvalue weighted by Crippen LogP contribution is -2.47. The summed E-state index contributed by atoms with van der Waals surface area (Å²) in [5.41, 5.74) is 2.76. The zero-order valence-corrected chi connectivity index (χ0v) is 29.9. The predicted octanol–water partition coefficient (Wildman–Crippen LogP) is 5.64. The van der Waals surface area contributed by atoms with E-state index < -0.39 is 23.7 Å². The van der Waals surface area contributed by atoms with Gasteiger partial charge in [0.15, 0.2) is 0 Å². The van der Waals surface area contributed by atoms with Gasteiger partial charge in [0.05, 0.1) is 16.7 Å². The van der Waals surface area contributed by atoms with E-state index in [4.69, 9.17) is 25.8 Å². The van der Waals surface area contributed by atoms with Crippen molar-refractivity contribution in [2.75, 3.05) is 32.8 Å². The van der Waals surface area contributed by atoms with Gasteiger partial charge in [0.1, 0.15) is 49.0 Å². The van der Waals surface area contributed by atoms with Crippen molar-refractivity contribution in [3.63, 3.8) is 0 Å². The van der Waals surface area contributed by atoms with Crippen molar-refractivity contribution in [3.05, 3.63) is 106 Å². The van der Waals surface area contributed by atoms with Gasteiger partial charge in [-0.2, -0.15) is 5.26 Å². The topological polar surface area (TPSA) is 145 Å².